The molecule has 116 valence electrons. The maximum atomic E-state index is 13.6. The van der Waals surface area contributed by atoms with Crippen molar-refractivity contribution in [1.82, 2.24) is 10.0 Å². The number of nitrogens with one attached hydrogen (secondary N) is 2. The van der Waals surface area contributed by atoms with Gasteiger partial charge < -0.3 is 5.32 Å². The summed E-state index contributed by atoms with van der Waals surface area (Å²) in [6, 6.07) is 2.45. The minimum atomic E-state index is -4.10. The van der Waals surface area contributed by atoms with Crippen molar-refractivity contribution in [3.63, 3.8) is 0 Å². The van der Waals surface area contributed by atoms with Gasteiger partial charge in [0.25, 0.3) is 5.69 Å². The topological polar surface area (TPSA) is 101 Å². The smallest absolute Gasteiger partial charge is 0.270 e. The summed E-state index contributed by atoms with van der Waals surface area (Å²) in [7, 11) is -4.10. The minimum absolute atomic E-state index is 0.135. The minimum Gasteiger partial charge on any atom is -0.316 e. The van der Waals surface area contributed by atoms with Crippen LogP contribution >= 0.6 is 0 Å². The number of hydrogen-bond donors (Lipinski definition) is 2. The fraction of sp³-hybridized carbons (Fsp3) is 0.500. The molecule has 1 heterocycles. The standard InChI is InChI=1S/C12H16FN3O4S/c13-11-4-3-10(16(17)18)6-12(11)21(19,20)15-8-9-2-1-5-14-7-9/h3-4,6,9,14-15H,1-2,5,7-8H2. The highest BCUT2D eigenvalue weighted by Crippen LogP contribution is 2.21. The van der Waals surface area contributed by atoms with E-state index in [0.29, 0.717) is 6.54 Å². The molecule has 2 N–H and O–H groups in total. The lowest BCUT2D eigenvalue weighted by molar-refractivity contribution is -0.385. The summed E-state index contributed by atoms with van der Waals surface area (Å²) in [4.78, 5) is 9.20. The zero-order valence-electron chi connectivity index (χ0n) is 11.2. The van der Waals surface area contributed by atoms with E-state index < -0.39 is 31.3 Å². The van der Waals surface area contributed by atoms with Gasteiger partial charge >= 0.3 is 0 Å². The molecule has 0 amide bonds. The molecule has 21 heavy (non-hydrogen) atoms. The highest BCUT2D eigenvalue weighted by molar-refractivity contribution is 7.89. The third kappa shape index (κ3) is 3.96. The fourth-order valence-corrected chi connectivity index (χ4v) is 3.43. The number of halogens is 1. The lowest BCUT2D eigenvalue weighted by Crippen LogP contribution is -2.38. The van der Waals surface area contributed by atoms with Gasteiger partial charge in [-0.3, -0.25) is 10.1 Å². The van der Waals surface area contributed by atoms with Gasteiger partial charge in [0, 0.05) is 18.7 Å². The summed E-state index contributed by atoms with van der Waals surface area (Å²) in [5.41, 5.74) is -0.462. The molecule has 9 heteroatoms. The Morgan fingerprint density at radius 1 is 1.48 bits per heavy atom. The van der Waals surface area contributed by atoms with E-state index in [0.717, 1.165) is 37.6 Å². The maximum Gasteiger partial charge on any atom is 0.270 e. The molecule has 0 aromatic heterocycles. The van der Waals surface area contributed by atoms with E-state index in [1.54, 1.807) is 0 Å². The molecule has 1 aliphatic heterocycles. The average Bonchev–Trinajstić information content (AvgIpc) is 2.46. The second-order valence-electron chi connectivity index (χ2n) is 4.94. The predicted octanol–water partition coefficient (Wildman–Crippen LogP) is 1.01. The zero-order valence-corrected chi connectivity index (χ0v) is 12.0. The van der Waals surface area contributed by atoms with Crippen molar-refractivity contribution in [3.8, 4) is 0 Å². The largest absolute Gasteiger partial charge is 0.316 e. The first-order valence-corrected chi connectivity index (χ1v) is 8.03. The van der Waals surface area contributed by atoms with Crippen molar-refractivity contribution in [3.05, 3.63) is 34.1 Å². The molecule has 1 atom stereocenters. The molecule has 1 unspecified atom stereocenters. The zero-order chi connectivity index (χ0) is 15.5. The van der Waals surface area contributed by atoms with Gasteiger partial charge in [0.15, 0.2) is 0 Å². The second kappa shape index (κ2) is 6.46. The van der Waals surface area contributed by atoms with E-state index in [1.165, 1.54) is 0 Å². The van der Waals surface area contributed by atoms with Crippen LogP contribution in [0.3, 0.4) is 0 Å². The summed E-state index contributed by atoms with van der Waals surface area (Å²) in [5.74, 6) is -0.870. The number of piperidine rings is 1. The van der Waals surface area contributed by atoms with Gasteiger partial charge in [-0.05, 0) is 37.9 Å². The van der Waals surface area contributed by atoms with Gasteiger partial charge in [0.1, 0.15) is 10.7 Å². The van der Waals surface area contributed by atoms with Gasteiger partial charge in [-0.25, -0.2) is 17.5 Å². The van der Waals surface area contributed by atoms with Crippen molar-refractivity contribution < 1.29 is 17.7 Å². The molecular weight excluding hydrogens is 301 g/mol. The van der Waals surface area contributed by atoms with E-state index in [2.05, 4.69) is 10.0 Å². The predicted molar refractivity (Wildman–Crippen MR) is 73.8 cm³/mol. The molecule has 0 saturated carbocycles. The van der Waals surface area contributed by atoms with E-state index in [4.69, 9.17) is 0 Å². The summed E-state index contributed by atoms with van der Waals surface area (Å²) in [5, 5.41) is 13.8. The van der Waals surface area contributed by atoms with Crippen molar-refractivity contribution in [1.29, 1.82) is 0 Å². The molecule has 1 aromatic carbocycles. The van der Waals surface area contributed by atoms with Crippen LogP contribution in [0.15, 0.2) is 23.1 Å². The SMILES string of the molecule is O=[N+]([O-])c1ccc(F)c(S(=O)(=O)NCC2CCCNC2)c1. The monoisotopic (exact) mass is 317 g/mol. The van der Waals surface area contributed by atoms with E-state index in [-0.39, 0.29) is 12.5 Å². The van der Waals surface area contributed by atoms with Crippen LogP contribution < -0.4 is 10.0 Å². The van der Waals surface area contributed by atoms with Crippen LogP contribution in [0, 0.1) is 21.8 Å². The van der Waals surface area contributed by atoms with Gasteiger partial charge in [0.2, 0.25) is 10.0 Å². The maximum absolute atomic E-state index is 13.6. The van der Waals surface area contributed by atoms with Gasteiger partial charge in [-0.1, -0.05) is 0 Å². The third-order valence-corrected chi connectivity index (χ3v) is 4.81. The number of hydrogen-bond acceptors (Lipinski definition) is 5. The quantitative estimate of drug-likeness (QED) is 0.623. The van der Waals surface area contributed by atoms with Crippen molar-refractivity contribution in [2.45, 2.75) is 17.7 Å². The summed E-state index contributed by atoms with van der Waals surface area (Å²) < 4.78 is 40.1. The summed E-state index contributed by atoms with van der Waals surface area (Å²) >= 11 is 0. The molecule has 1 fully saturated rings. The third-order valence-electron chi connectivity index (χ3n) is 3.38. The number of rotatable bonds is 5. The molecule has 1 aromatic rings. The highest BCUT2D eigenvalue weighted by atomic mass is 32.2. The summed E-state index contributed by atoms with van der Waals surface area (Å²) in [6.45, 7) is 1.78. The first kappa shape index (κ1) is 15.8. The lowest BCUT2D eigenvalue weighted by Gasteiger charge is -2.22. The first-order valence-electron chi connectivity index (χ1n) is 6.54. The molecule has 0 aliphatic carbocycles. The summed E-state index contributed by atoms with van der Waals surface area (Å²) in [6.07, 6.45) is 1.84. The van der Waals surface area contributed by atoms with Crippen molar-refractivity contribution >= 4 is 15.7 Å². The lowest BCUT2D eigenvalue weighted by atomic mass is 10.0. The van der Waals surface area contributed by atoms with Crippen LogP contribution in [0.4, 0.5) is 10.1 Å². The molecule has 7 nitrogen and oxygen atoms in total. The molecule has 0 spiro atoms. The first-order chi connectivity index (χ1) is 9.90. The Balaban J connectivity index is 2.14. The van der Waals surface area contributed by atoms with Gasteiger partial charge in [-0.2, -0.15) is 0 Å². The molecule has 0 radical (unpaired) electrons. The molecule has 0 bridgehead atoms. The fourth-order valence-electron chi connectivity index (χ4n) is 2.22. The molecule has 1 saturated heterocycles. The van der Waals surface area contributed by atoms with Crippen molar-refractivity contribution in [2.24, 2.45) is 5.92 Å². The Kier molecular flexibility index (Phi) is 4.86. The molecule has 2 rings (SSSR count). The van der Waals surface area contributed by atoms with Crippen LogP contribution in [0.1, 0.15) is 12.8 Å². The Bertz CT molecular complexity index is 629. The average molecular weight is 317 g/mol. The number of nitrogens with zero attached hydrogens (tertiary/aromatic N) is 1. The van der Waals surface area contributed by atoms with Crippen LogP contribution in [-0.4, -0.2) is 33.0 Å². The van der Waals surface area contributed by atoms with Gasteiger partial charge in [0.05, 0.1) is 4.92 Å². The van der Waals surface area contributed by atoms with Crippen LogP contribution in [0.25, 0.3) is 0 Å². The number of nitro groups is 1. The van der Waals surface area contributed by atoms with Crippen LogP contribution in [0.2, 0.25) is 0 Å². The molecule has 1 aliphatic rings. The highest BCUT2D eigenvalue weighted by Gasteiger charge is 2.24. The van der Waals surface area contributed by atoms with Crippen LogP contribution in [0.5, 0.6) is 0 Å². The van der Waals surface area contributed by atoms with Crippen LogP contribution in [-0.2, 0) is 10.0 Å². The normalized spacial score (nSPS) is 19.4. The Labute approximate surface area is 121 Å². The Morgan fingerprint density at radius 2 is 2.24 bits per heavy atom. The number of nitro benzene ring substituents is 1. The Hall–Kier alpha value is -1.58. The van der Waals surface area contributed by atoms with Crippen molar-refractivity contribution in [2.75, 3.05) is 19.6 Å². The number of non-ortho nitro benzene ring substituents is 1. The van der Waals surface area contributed by atoms with Gasteiger partial charge in [-0.15, -0.1) is 0 Å². The second-order valence-corrected chi connectivity index (χ2v) is 6.67. The Morgan fingerprint density at radius 3 is 2.86 bits per heavy atom. The van der Waals surface area contributed by atoms with E-state index >= 15 is 0 Å². The van der Waals surface area contributed by atoms with E-state index in [1.807, 2.05) is 0 Å². The van der Waals surface area contributed by atoms with E-state index in [9.17, 15) is 22.9 Å². The molecular formula is C12H16FN3O4S. The number of sulfonamides is 1. The number of benzene rings is 1.